The summed E-state index contributed by atoms with van der Waals surface area (Å²) < 4.78 is 0. The quantitative estimate of drug-likeness (QED) is 0.751. The Balaban J connectivity index is 2.62. The zero-order valence-electron chi connectivity index (χ0n) is 8.96. The van der Waals surface area contributed by atoms with E-state index in [9.17, 15) is 0 Å². The van der Waals surface area contributed by atoms with E-state index in [4.69, 9.17) is 5.73 Å². The molecule has 1 aromatic rings. The standard InChI is InChI=1S/C11H19N3/c1-3-10(4-6-12)14-11-5-7-13-8-9(11)2/h5,7-8,10H,3-4,6,12H2,1-2H3,(H,13,14). The zero-order valence-corrected chi connectivity index (χ0v) is 8.96. The molecule has 0 radical (unpaired) electrons. The predicted octanol–water partition coefficient (Wildman–Crippen LogP) is 1.93. The summed E-state index contributed by atoms with van der Waals surface area (Å²) in [5.74, 6) is 0. The van der Waals surface area contributed by atoms with Crippen LogP contribution in [-0.4, -0.2) is 17.6 Å². The highest BCUT2D eigenvalue weighted by Crippen LogP contribution is 2.14. The number of rotatable bonds is 5. The van der Waals surface area contributed by atoms with Crippen molar-refractivity contribution < 1.29 is 0 Å². The molecule has 14 heavy (non-hydrogen) atoms. The molecule has 1 unspecified atom stereocenters. The Kier molecular flexibility index (Phi) is 4.40. The first-order chi connectivity index (χ1) is 6.77. The minimum absolute atomic E-state index is 0.473. The third-order valence-electron chi connectivity index (χ3n) is 2.39. The summed E-state index contributed by atoms with van der Waals surface area (Å²) >= 11 is 0. The SMILES string of the molecule is CCC(CCN)Nc1ccncc1C. The molecule has 0 fully saturated rings. The molecule has 0 aliphatic carbocycles. The van der Waals surface area contributed by atoms with Gasteiger partial charge in [0, 0.05) is 24.1 Å². The largest absolute Gasteiger partial charge is 0.382 e. The van der Waals surface area contributed by atoms with Crippen LogP contribution in [0.4, 0.5) is 5.69 Å². The number of aryl methyl sites for hydroxylation is 1. The number of aromatic nitrogens is 1. The predicted molar refractivity (Wildman–Crippen MR) is 60.3 cm³/mol. The third kappa shape index (κ3) is 3.00. The lowest BCUT2D eigenvalue weighted by Crippen LogP contribution is -2.22. The fourth-order valence-corrected chi connectivity index (χ4v) is 1.43. The van der Waals surface area contributed by atoms with Crippen molar-refractivity contribution in [3.05, 3.63) is 24.0 Å². The number of nitrogens with one attached hydrogen (secondary N) is 1. The van der Waals surface area contributed by atoms with Gasteiger partial charge in [0.15, 0.2) is 0 Å². The number of hydrogen-bond acceptors (Lipinski definition) is 3. The highest BCUT2D eigenvalue weighted by Gasteiger charge is 2.05. The summed E-state index contributed by atoms with van der Waals surface area (Å²) in [4.78, 5) is 4.06. The van der Waals surface area contributed by atoms with Crippen molar-refractivity contribution >= 4 is 5.69 Å². The van der Waals surface area contributed by atoms with Crippen LogP contribution in [-0.2, 0) is 0 Å². The lowest BCUT2D eigenvalue weighted by molar-refractivity contribution is 0.641. The maximum Gasteiger partial charge on any atom is 0.0402 e. The Morgan fingerprint density at radius 1 is 1.57 bits per heavy atom. The minimum Gasteiger partial charge on any atom is -0.382 e. The molecule has 0 spiro atoms. The van der Waals surface area contributed by atoms with Gasteiger partial charge in [-0.15, -0.1) is 0 Å². The van der Waals surface area contributed by atoms with E-state index in [0.29, 0.717) is 6.04 Å². The zero-order chi connectivity index (χ0) is 10.4. The van der Waals surface area contributed by atoms with Crippen molar-refractivity contribution in [2.24, 2.45) is 5.73 Å². The van der Waals surface area contributed by atoms with E-state index in [1.165, 1.54) is 11.3 Å². The first-order valence-electron chi connectivity index (χ1n) is 5.15. The van der Waals surface area contributed by atoms with Gasteiger partial charge in [-0.3, -0.25) is 4.98 Å². The molecule has 78 valence electrons. The van der Waals surface area contributed by atoms with Gasteiger partial charge in [0.1, 0.15) is 0 Å². The number of nitrogens with two attached hydrogens (primary N) is 1. The Morgan fingerprint density at radius 3 is 2.93 bits per heavy atom. The molecule has 0 saturated heterocycles. The molecule has 1 rings (SSSR count). The van der Waals surface area contributed by atoms with Gasteiger partial charge in [-0.1, -0.05) is 6.92 Å². The van der Waals surface area contributed by atoms with Crippen molar-refractivity contribution in [2.75, 3.05) is 11.9 Å². The van der Waals surface area contributed by atoms with Gasteiger partial charge in [-0.05, 0) is 37.9 Å². The van der Waals surface area contributed by atoms with Crippen molar-refractivity contribution in [2.45, 2.75) is 32.7 Å². The summed E-state index contributed by atoms with van der Waals surface area (Å²) in [6.45, 7) is 4.96. The second-order valence-corrected chi connectivity index (χ2v) is 3.52. The van der Waals surface area contributed by atoms with Crippen LogP contribution in [0.5, 0.6) is 0 Å². The van der Waals surface area contributed by atoms with E-state index in [2.05, 4.69) is 24.1 Å². The van der Waals surface area contributed by atoms with Gasteiger partial charge in [0.2, 0.25) is 0 Å². The molecule has 0 aliphatic heterocycles. The van der Waals surface area contributed by atoms with E-state index in [1.54, 1.807) is 0 Å². The van der Waals surface area contributed by atoms with Gasteiger partial charge < -0.3 is 11.1 Å². The molecule has 1 atom stereocenters. The molecule has 1 aromatic heterocycles. The number of anilines is 1. The Hall–Kier alpha value is -1.09. The van der Waals surface area contributed by atoms with Crippen LogP contribution in [0.1, 0.15) is 25.3 Å². The second-order valence-electron chi connectivity index (χ2n) is 3.52. The highest BCUT2D eigenvalue weighted by molar-refractivity contribution is 5.49. The molecule has 3 N–H and O–H groups in total. The van der Waals surface area contributed by atoms with Crippen LogP contribution in [0, 0.1) is 6.92 Å². The second kappa shape index (κ2) is 5.60. The maximum atomic E-state index is 5.54. The fraction of sp³-hybridized carbons (Fsp3) is 0.545. The lowest BCUT2D eigenvalue weighted by Gasteiger charge is -2.18. The Morgan fingerprint density at radius 2 is 2.36 bits per heavy atom. The van der Waals surface area contributed by atoms with Gasteiger partial charge in [-0.2, -0.15) is 0 Å². The molecule has 3 heteroatoms. The normalized spacial score (nSPS) is 12.5. The average molecular weight is 193 g/mol. The summed E-state index contributed by atoms with van der Waals surface area (Å²) in [7, 11) is 0. The monoisotopic (exact) mass is 193 g/mol. The number of pyridine rings is 1. The van der Waals surface area contributed by atoms with E-state index < -0.39 is 0 Å². The van der Waals surface area contributed by atoms with Gasteiger partial charge in [0.05, 0.1) is 0 Å². The van der Waals surface area contributed by atoms with E-state index in [-0.39, 0.29) is 0 Å². The summed E-state index contributed by atoms with van der Waals surface area (Å²) in [6, 6.07) is 2.48. The van der Waals surface area contributed by atoms with Crippen molar-refractivity contribution in [1.29, 1.82) is 0 Å². The van der Waals surface area contributed by atoms with E-state index in [1.807, 2.05) is 18.5 Å². The topological polar surface area (TPSA) is 50.9 Å². The number of hydrogen-bond donors (Lipinski definition) is 2. The fourth-order valence-electron chi connectivity index (χ4n) is 1.43. The smallest absolute Gasteiger partial charge is 0.0402 e. The van der Waals surface area contributed by atoms with E-state index >= 15 is 0 Å². The molecular formula is C11H19N3. The van der Waals surface area contributed by atoms with Crippen LogP contribution >= 0.6 is 0 Å². The molecular weight excluding hydrogens is 174 g/mol. The number of nitrogens with zero attached hydrogens (tertiary/aromatic N) is 1. The Labute approximate surface area is 85.7 Å². The van der Waals surface area contributed by atoms with Crippen LogP contribution in [0.25, 0.3) is 0 Å². The summed E-state index contributed by atoms with van der Waals surface area (Å²) in [5.41, 5.74) is 7.89. The third-order valence-corrected chi connectivity index (χ3v) is 2.39. The summed E-state index contributed by atoms with van der Waals surface area (Å²) in [6.07, 6.45) is 5.79. The van der Waals surface area contributed by atoms with Crippen LogP contribution in [0.15, 0.2) is 18.5 Å². The average Bonchev–Trinajstić information content (AvgIpc) is 2.20. The van der Waals surface area contributed by atoms with Crippen molar-refractivity contribution in [1.82, 2.24) is 4.98 Å². The van der Waals surface area contributed by atoms with Crippen molar-refractivity contribution in [3.8, 4) is 0 Å². The van der Waals surface area contributed by atoms with Gasteiger partial charge >= 0.3 is 0 Å². The van der Waals surface area contributed by atoms with E-state index in [0.717, 1.165) is 19.4 Å². The molecule has 3 nitrogen and oxygen atoms in total. The molecule has 0 bridgehead atoms. The highest BCUT2D eigenvalue weighted by atomic mass is 14.9. The Bertz CT molecular complexity index is 273. The first-order valence-corrected chi connectivity index (χ1v) is 5.15. The van der Waals surface area contributed by atoms with Crippen LogP contribution in [0.3, 0.4) is 0 Å². The van der Waals surface area contributed by atoms with Crippen LogP contribution < -0.4 is 11.1 Å². The minimum atomic E-state index is 0.473. The molecule has 0 aliphatic rings. The van der Waals surface area contributed by atoms with Crippen LogP contribution in [0.2, 0.25) is 0 Å². The molecule has 1 heterocycles. The maximum absolute atomic E-state index is 5.54. The molecule has 0 amide bonds. The van der Waals surface area contributed by atoms with Gasteiger partial charge in [-0.25, -0.2) is 0 Å². The lowest BCUT2D eigenvalue weighted by atomic mass is 10.1. The van der Waals surface area contributed by atoms with Gasteiger partial charge in [0.25, 0.3) is 0 Å². The summed E-state index contributed by atoms with van der Waals surface area (Å²) in [5, 5.41) is 3.48. The first kappa shape index (κ1) is 11.0. The van der Waals surface area contributed by atoms with Crippen molar-refractivity contribution in [3.63, 3.8) is 0 Å². The molecule has 0 saturated carbocycles. The molecule has 0 aromatic carbocycles.